The molecular formula is C21H21N3O. The molecule has 0 spiro atoms. The van der Waals surface area contributed by atoms with E-state index in [1.54, 1.807) is 0 Å². The number of imidazole rings is 1. The van der Waals surface area contributed by atoms with Crippen LogP contribution in [0.4, 0.5) is 0 Å². The van der Waals surface area contributed by atoms with Gasteiger partial charge in [0.25, 0.3) is 0 Å². The second kappa shape index (κ2) is 6.82. The first kappa shape index (κ1) is 16.8. The lowest BCUT2D eigenvalue weighted by Crippen LogP contribution is -1.99. The Morgan fingerprint density at radius 3 is 2.64 bits per heavy atom. The molecular weight excluding hydrogens is 310 g/mol. The van der Waals surface area contributed by atoms with Crippen molar-refractivity contribution < 1.29 is 4.74 Å². The minimum Gasteiger partial charge on any atom is -0.489 e. The van der Waals surface area contributed by atoms with E-state index in [0.717, 1.165) is 39.5 Å². The summed E-state index contributed by atoms with van der Waals surface area (Å²) in [5.74, 6) is 0.535. The van der Waals surface area contributed by atoms with E-state index in [9.17, 15) is 5.26 Å². The predicted octanol–water partition coefficient (Wildman–Crippen LogP) is 4.89. The van der Waals surface area contributed by atoms with Crippen molar-refractivity contribution in [2.75, 3.05) is 6.61 Å². The van der Waals surface area contributed by atoms with Gasteiger partial charge in [-0.15, -0.1) is 0 Å². The van der Waals surface area contributed by atoms with Crippen LogP contribution in [0.25, 0.3) is 16.9 Å². The van der Waals surface area contributed by atoms with Crippen LogP contribution in [0.5, 0.6) is 5.75 Å². The number of hydrogen-bond donors (Lipinski definition) is 0. The third-order valence-electron chi connectivity index (χ3n) is 4.02. The van der Waals surface area contributed by atoms with Crippen LogP contribution in [0.15, 0.2) is 54.7 Å². The van der Waals surface area contributed by atoms with Gasteiger partial charge in [0, 0.05) is 11.8 Å². The minimum absolute atomic E-state index is 0.258. The standard InChI is InChI=1S/C21H21N3O/c1-14(2)13-25-18-8-6-17(7-9-18)20-21(16(4)11-22)24-12-15(3)5-10-19(24)23-20/h5-10,12,16H,1,13H2,2-4H3. The van der Waals surface area contributed by atoms with Crippen molar-refractivity contribution in [3.8, 4) is 23.1 Å². The zero-order valence-electron chi connectivity index (χ0n) is 14.8. The summed E-state index contributed by atoms with van der Waals surface area (Å²) in [6.07, 6.45) is 2.03. The first-order valence-corrected chi connectivity index (χ1v) is 8.25. The van der Waals surface area contributed by atoms with Gasteiger partial charge in [-0.25, -0.2) is 4.98 Å². The molecule has 0 fully saturated rings. The Kier molecular flexibility index (Phi) is 4.58. The summed E-state index contributed by atoms with van der Waals surface area (Å²) in [4.78, 5) is 4.75. The van der Waals surface area contributed by atoms with Crippen LogP contribution in [-0.4, -0.2) is 16.0 Å². The number of ether oxygens (including phenoxy) is 1. The Morgan fingerprint density at radius 1 is 1.28 bits per heavy atom. The molecule has 0 bridgehead atoms. The van der Waals surface area contributed by atoms with Crippen molar-refractivity contribution in [1.29, 1.82) is 5.26 Å². The first-order chi connectivity index (χ1) is 12.0. The largest absolute Gasteiger partial charge is 0.489 e. The van der Waals surface area contributed by atoms with E-state index in [2.05, 4.69) is 12.6 Å². The monoisotopic (exact) mass is 331 g/mol. The summed E-state index contributed by atoms with van der Waals surface area (Å²) in [5, 5.41) is 9.45. The second-order valence-corrected chi connectivity index (χ2v) is 6.40. The highest BCUT2D eigenvalue weighted by molar-refractivity contribution is 5.68. The molecule has 1 atom stereocenters. The van der Waals surface area contributed by atoms with E-state index in [1.807, 2.05) is 67.8 Å². The number of pyridine rings is 1. The Morgan fingerprint density at radius 2 is 2.00 bits per heavy atom. The van der Waals surface area contributed by atoms with Gasteiger partial charge in [0.15, 0.2) is 0 Å². The van der Waals surface area contributed by atoms with Gasteiger partial charge < -0.3 is 9.14 Å². The molecule has 0 aliphatic rings. The van der Waals surface area contributed by atoms with Crippen LogP contribution < -0.4 is 4.74 Å². The number of aryl methyl sites for hydroxylation is 1. The highest BCUT2D eigenvalue weighted by Gasteiger charge is 2.19. The average Bonchev–Trinajstić information content (AvgIpc) is 2.98. The van der Waals surface area contributed by atoms with Crippen molar-refractivity contribution >= 4 is 5.65 Å². The van der Waals surface area contributed by atoms with Gasteiger partial charge in [-0.3, -0.25) is 0 Å². The molecule has 1 unspecified atom stereocenters. The molecule has 126 valence electrons. The van der Waals surface area contributed by atoms with Gasteiger partial charge in [-0.1, -0.05) is 12.6 Å². The second-order valence-electron chi connectivity index (χ2n) is 6.40. The number of nitrogens with zero attached hydrogens (tertiary/aromatic N) is 3. The van der Waals surface area contributed by atoms with E-state index in [-0.39, 0.29) is 5.92 Å². The van der Waals surface area contributed by atoms with E-state index >= 15 is 0 Å². The Bertz CT molecular complexity index is 961. The number of rotatable bonds is 5. The minimum atomic E-state index is -0.258. The number of benzene rings is 1. The van der Waals surface area contributed by atoms with Gasteiger partial charge >= 0.3 is 0 Å². The van der Waals surface area contributed by atoms with Gasteiger partial charge in [-0.2, -0.15) is 5.26 Å². The summed E-state index contributed by atoms with van der Waals surface area (Å²) in [6, 6.07) is 14.2. The van der Waals surface area contributed by atoms with Crippen LogP contribution >= 0.6 is 0 Å². The van der Waals surface area contributed by atoms with Crippen LogP contribution in [0.3, 0.4) is 0 Å². The third-order valence-corrected chi connectivity index (χ3v) is 4.02. The molecule has 0 amide bonds. The quantitative estimate of drug-likeness (QED) is 0.625. The Balaban J connectivity index is 2.06. The number of hydrogen-bond acceptors (Lipinski definition) is 3. The molecule has 0 saturated heterocycles. The molecule has 0 saturated carbocycles. The summed E-state index contributed by atoms with van der Waals surface area (Å²) in [5.41, 5.74) is 5.68. The highest BCUT2D eigenvalue weighted by Crippen LogP contribution is 2.31. The Labute approximate surface area is 148 Å². The lowest BCUT2D eigenvalue weighted by molar-refractivity contribution is 0.353. The maximum Gasteiger partial charge on any atom is 0.137 e. The fraction of sp³-hybridized carbons (Fsp3) is 0.238. The number of nitriles is 1. The molecule has 25 heavy (non-hydrogen) atoms. The molecule has 0 aliphatic carbocycles. The summed E-state index contributed by atoms with van der Waals surface area (Å²) in [6.45, 7) is 10.2. The zero-order chi connectivity index (χ0) is 18.0. The molecule has 0 N–H and O–H groups in total. The molecule has 2 aromatic heterocycles. The summed E-state index contributed by atoms with van der Waals surface area (Å²) < 4.78 is 7.67. The van der Waals surface area contributed by atoms with Crippen molar-refractivity contribution in [3.05, 3.63) is 66.0 Å². The lowest BCUT2D eigenvalue weighted by Gasteiger charge is -2.09. The smallest absolute Gasteiger partial charge is 0.137 e. The fourth-order valence-electron chi connectivity index (χ4n) is 2.77. The molecule has 0 radical (unpaired) electrons. The van der Waals surface area contributed by atoms with Crippen LogP contribution in [0.2, 0.25) is 0 Å². The third kappa shape index (κ3) is 3.41. The maximum absolute atomic E-state index is 9.45. The van der Waals surface area contributed by atoms with Gasteiger partial charge in [0.05, 0.1) is 23.4 Å². The van der Waals surface area contributed by atoms with E-state index in [0.29, 0.717) is 6.61 Å². The van der Waals surface area contributed by atoms with Crippen molar-refractivity contribution in [3.63, 3.8) is 0 Å². The van der Waals surface area contributed by atoms with E-state index in [1.165, 1.54) is 0 Å². The van der Waals surface area contributed by atoms with Crippen molar-refractivity contribution in [1.82, 2.24) is 9.38 Å². The van der Waals surface area contributed by atoms with Gasteiger partial charge in [-0.05, 0) is 62.2 Å². The Hall–Kier alpha value is -3.06. The molecule has 4 heteroatoms. The topological polar surface area (TPSA) is 50.3 Å². The lowest BCUT2D eigenvalue weighted by atomic mass is 10.0. The van der Waals surface area contributed by atoms with Crippen molar-refractivity contribution in [2.24, 2.45) is 0 Å². The zero-order valence-corrected chi connectivity index (χ0v) is 14.8. The van der Waals surface area contributed by atoms with E-state index in [4.69, 9.17) is 9.72 Å². The molecule has 0 aliphatic heterocycles. The molecule has 3 rings (SSSR count). The van der Waals surface area contributed by atoms with E-state index < -0.39 is 0 Å². The van der Waals surface area contributed by atoms with Gasteiger partial charge in [0.2, 0.25) is 0 Å². The van der Waals surface area contributed by atoms with Gasteiger partial charge in [0.1, 0.15) is 18.0 Å². The summed E-state index contributed by atoms with van der Waals surface area (Å²) in [7, 11) is 0. The van der Waals surface area contributed by atoms with Crippen molar-refractivity contribution in [2.45, 2.75) is 26.7 Å². The van der Waals surface area contributed by atoms with Crippen LogP contribution in [-0.2, 0) is 0 Å². The number of fused-ring (bicyclic) bond motifs is 1. The predicted molar refractivity (Wildman–Crippen MR) is 99.7 cm³/mol. The fourth-order valence-corrected chi connectivity index (χ4v) is 2.77. The SMILES string of the molecule is C=C(C)COc1ccc(-c2nc3ccc(C)cn3c2C(C)C#N)cc1. The molecule has 2 heterocycles. The summed E-state index contributed by atoms with van der Waals surface area (Å²) >= 11 is 0. The average molecular weight is 331 g/mol. The normalized spacial score (nSPS) is 11.9. The first-order valence-electron chi connectivity index (χ1n) is 8.25. The maximum atomic E-state index is 9.45. The van der Waals surface area contributed by atoms with Crippen LogP contribution in [0, 0.1) is 18.3 Å². The number of aromatic nitrogens is 2. The van der Waals surface area contributed by atoms with Crippen LogP contribution in [0.1, 0.15) is 31.0 Å². The molecule has 3 aromatic rings. The molecule has 4 nitrogen and oxygen atoms in total. The molecule has 1 aromatic carbocycles. The highest BCUT2D eigenvalue weighted by atomic mass is 16.5.